The summed E-state index contributed by atoms with van der Waals surface area (Å²) in [5.41, 5.74) is 1.85. The van der Waals surface area contributed by atoms with Gasteiger partial charge in [-0.1, -0.05) is 19.4 Å². The molecule has 0 radical (unpaired) electrons. The van der Waals surface area contributed by atoms with Crippen LogP contribution in [0.1, 0.15) is 59.3 Å². The third kappa shape index (κ3) is 2.44. The zero-order chi connectivity index (χ0) is 18.9. The molecule has 5 heteroatoms. The monoisotopic (exact) mass is 362 g/mol. The number of aliphatic hydroxyl groups is 3. The summed E-state index contributed by atoms with van der Waals surface area (Å²) >= 11 is 0. The van der Waals surface area contributed by atoms with Crippen molar-refractivity contribution >= 4 is 5.97 Å². The van der Waals surface area contributed by atoms with Gasteiger partial charge in [-0.3, -0.25) is 4.79 Å². The second kappa shape index (κ2) is 5.91. The minimum atomic E-state index is -0.745. The van der Waals surface area contributed by atoms with Gasteiger partial charge in [-0.2, -0.15) is 0 Å². The zero-order valence-corrected chi connectivity index (χ0v) is 15.9. The van der Waals surface area contributed by atoms with E-state index in [0.717, 1.165) is 31.3 Å². The number of allylic oxidation sites excluding steroid dienone is 2. The van der Waals surface area contributed by atoms with E-state index in [4.69, 9.17) is 4.74 Å². The van der Waals surface area contributed by atoms with Crippen LogP contribution < -0.4 is 0 Å². The maximum atomic E-state index is 11.8. The highest BCUT2D eigenvalue weighted by atomic mass is 16.5. The normalized spacial score (nSPS) is 47.6. The van der Waals surface area contributed by atoms with Gasteiger partial charge in [0.25, 0.3) is 0 Å². The van der Waals surface area contributed by atoms with Crippen molar-refractivity contribution < 1.29 is 24.9 Å². The Balaban J connectivity index is 1.85. The highest BCUT2D eigenvalue weighted by Gasteiger charge is 2.60. The first-order valence-electron chi connectivity index (χ1n) is 9.84. The lowest BCUT2D eigenvalue weighted by Crippen LogP contribution is -2.48. The van der Waals surface area contributed by atoms with E-state index in [1.165, 1.54) is 12.5 Å². The highest BCUT2D eigenvalue weighted by Crippen LogP contribution is 2.64. The second-order valence-electron chi connectivity index (χ2n) is 9.29. The van der Waals surface area contributed by atoms with Crippen LogP contribution in [0.5, 0.6) is 0 Å². The fourth-order valence-corrected chi connectivity index (χ4v) is 6.27. The molecule has 3 unspecified atom stereocenters. The molecule has 4 rings (SSSR count). The van der Waals surface area contributed by atoms with E-state index in [2.05, 4.69) is 13.8 Å². The molecule has 144 valence electrons. The Kier molecular flexibility index (Phi) is 4.14. The zero-order valence-electron chi connectivity index (χ0n) is 15.9. The van der Waals surface area contributed by atoms with Gasteiger partial charge in [0.1, 0.15) is 5.76 Å². The highest BCUT2D eigenvalue weighted by molar-refractivity contribution is 5.68. The third-order valence-electron chi connectivity index (χ3n) is 7.83. The van der Waals surface area contributed by atoms with Gasteiger partial charge in [-0.25, -0.2) is 0 Å². The molecule has 0 aromatic heterocycles. The van der Waals surface area contributed by atoms with Gasteiger partial charge in [-0.15, -0.1) is 0 Å². The predicted octanol–water partition coefficient (Wildman–Crippen LogP) is 2.45. The van der Waals surface area contributed by atoms with E-state index in [0.29, 0.717) is 18.6 Å². The average Bonchev–Trinajstić information content (AvgIpc) is 2.79. The fourth-order valence-electron chi connectivity index (χ4n) is 6.27. The Bertz CT molecular complexity index is 695. The van der Waals surface area contributed by atoms with Crippen molar-refractivity contribution in [2.24, 2.45) is 22.7 Å². The van der Waals surface area contributed by atoms with Crippen LogP contribution in [0, 0.1) is 22.7 Å². The molecule has 5 nitrogen and oxygen atoms in total. The number of ether oxygens (including phenoxy) is 1. The van der Waals surface area contributed by atoms with E-state index in [1.54, 1.807) is 0 Å². The Labute approximate surface area is 154 Å². The minimum absolute atomic E-state index is 0.0158. The lowest BCUT2D eigenvalue weighted by Gasteiger charge is -2.54. The van der Waals surface area contributed by atoms with Crippen LogP contribution in [0.15, 0.2) is 23.0 Å². The molecule has 0 amide bonds. The number of hydrogen-bond acceptors (Lipinski definition) is 5. The van der Waals surface area contributed by atoms with Gasteiger partial charge in [0.2, 0.25) is 0 Å². The smallest absolute Gasteiger partial charge is 0.308 e. The number of fused-ring (bicyclic) bond motifs is 5. The number of esters is 1. The second-order valence-corrected chi connectivity index (χ2v) is 9.29. The Morgan fingerprint density at radius 1 is 1.15 bits per heavy atom. The average molecular weight is 362 g/mol. The van der Waals surface area contributed by atoms with Crippen molar-refractivity contribution in [3.8, 4) is 0 Å². The van der Waals surface area contributed by atoms with Crippen LogP contribution >= 0.6 is 0 Å². The minimum Gasteiger partial charge on any atom is -0.427 e. The van der Waals surface area contributed by atoms with Crippen molar-refractivity contribution in [1.82, 2.24) is 0 Å². The summed E-state index contributed by atoms with van der Waals surface area (Å²) in [5.74, 6) is 0.498. The van der Waals surface area contributed by atoms with E-state index in [1.807, 2.05) is 6.08 Å². The third-order valence-corrected chi connectivity index (χ3v) is 7.83. The van der Waals surface area contributed by atoms with Crippen LogP contribution in [-0.2, 0) is 9.53 Å². The van der Waals surface area contributed by atoms with Crippen LogP contribution in [0.25, 0.3) is 0 Å². The molecule has 0 saturated heterocycles. The largest absolute Gasteiger partial charge is 0.427 e. The molecule has 7 atom stereocenters. The van der Waals surface area contributed by atoms with Gasteiger partial charge < -0.3 is 20.1 Å². The van der Waals surface area contributed by atoms with E-state index in [9.17, 15) is 20.1 Å². The molecule has 0 aromatic carbocycles. The first-order chi connectivity index (χ1) is 12.2. The molecule has 4 aliphatic carbocycles. The lowest BCUT2D eigenvalue weighted by atomic mass is 9.51. The fraction of sp³-hybridized carbons (Fsp3) is 0.762. The molecule has 3 saturated carbocycles. The van der Waals surface area contributed by atoms with Crippen LogP contribution in [-0.4, -0.2) is 39.6 Å². The molecular weight excluding hydrogens is 332 g/mol. The first-order valence-corrected chi connectivity index (χ1v) is 9.84. The number of aliphatic hydroxyl groups excluding tert-OH is 3. The summed E-state index contributed by atoms with van der Waals surface area (Å²) in [4.78, 5) is 11.8. The van der Waals surface area contributed by atoms with Gasteiger partial charge in [0.15, 0.2) is 0 Å². The summed E-state index contributed by atoms with van der Waals surface area (Å²) in [7, 11) is 0. The molecule has 0 aromatic rings. The molecule has 0 bridgehead atoms. The molecule has 3 N–H and O–H groups in total. The van der Waals surface area contributed by atoms with Crippen molar-refractivity contribution in [2.45, 2.75) is 77.6 Å². The van der Waals surface area contributed by atoms with Crippen molar-refractivity contribution in [3.05, 3.63) is 23.0 Å². The molecule has 0 spiro atoms. The number of carbonyl (C=O) groups is 1. The summed E-state index contributed by atoms with van der Waals surface area (Å²) in [6.45, 7) is 5.73. The van der Waals surface area contributed by atoms with Crippen molar-refractivity contribution in [1.29, 1.82) is 0 Å². The van der Waals surface area contributed by atoms with E-state index in [-0.39, 0.29) is 34.7 Å². The van der Waals surface area contributed by atoms with E-state index >= 15 is 0 Å². The Hall–Kier alpha value is -1.17. The van der Waals surface area contributed by atoms with Crippen LogP contribution in [0.3, 0.4) is 0 Å². The van der Waals surface area contributed by atoms with Gasteiger partial charge in [-0.05, 0) is 67.4 Å². The van der Waals surface area contributed by atoms with Crippen molar-refractivity contribution in [2.75, 3.05) is 0 Å². The predicted molar refractivity (Wildman–Crippen MR) is 95.8 cm³/mol. The molecule has 0 heterocycles. The molecular formula is C21H30O5. The molecule has 4 aliphatic rings. The Morgan fingerprint density at radius 3 is 2.58 bits per heavy atom. The quantitative estimate of drug-likeness (QED) is 0.624. The van der Waals surface area contributed by atoms with E-state index < -0.39 is 12.2 Å². The van der Waals surface area contributed by atoms with Gasteiger partial charge in [0, 0.05) is 12.3 Å². The number of rotatable bonds is 1. The summed E-state index contributed by atoms with van der Waals surface area (Å²) in [6, 6.07) is 0. The standard InChI is InChI=1S/C21H30O5/c1-11(22)26-17-9-12-8-13(23)4-6-20(12,2)14-5-7-21(3)15(18(14)17)10-16(24)19(21)25/h9,13-16,19,23-25H,4-8,10H2,1-3H3/t13?,14-,15+,16?,19?,20+,21+/m1/s1. The van der Waals surface area contributed by atoms with Gasteiger partial charge >= 0.3 is 5.97 Å². The van der Waals surface area contributed by atoms with Crippen molar-refractivity contribution in [3.63, 3.8) is 0 Å². The SMILES string of the molecule is CC(=O)OC1=C2[C@@H](CC[C@]3(C)C(O)C(O)C[C@@H]23)[C@@]2(C)CCC(O)CC2=C1. The number of carbonyl (C=O) groups excluding carboxylic acids is 1. The van der Waals surface area contributed by atoms with Crippen LogP contribution in [0.4, 0.5) is 0 Å². The van der Waals surface area contributed by atoms with Gasteiger partial charge in [0.05, 0.1) is 18.3 Å². The van der Waals surface area contributed by atoms with Crippen LogP contribution in [0.2, 0.25) is 0 Å². The summed E-state index contributed by atoms with van der Waals surface area (Å²) in [6.07, 6.45) is 4.74. The number of hydrogen-bond donors (Lipinski definition) is 3. The summed E-state index contributed by atoms with van der Waals surface area (Å²) in [5, 5.41) is 31.1. The topological polar surface area (TPSA) is 87.0 Å². The maximum absolute atomic E-state index is 11.8. The lowest BCUT2D eigenvalue weighted by molar-refractivity contribution is -0.136. The molecule has 3 fully saturated rings. The summed E-state index contributed by atoms with van der Waals surface area (Å²) < 4.78 is 5.63. The first kappa shape index (κ1) is 18.2. The maximum Gasteiger partial charge on any atom is 0.308 e. The Morgan fingerprint density at radius 2 is 1.88 bits per heavy atom. The molecule has 0 aliphatic heterocycles. The molecule has 26 heavy (non-hydrogen) atoms.